The van der Waals surface area contributed by atoms with Crippen LogP contribution < -0.4 is 10.6 Å². The Labute approximate surface area is 116 Å². The first-order chi connectivity index (χ1) is 9.76. The van der Waals surface area contributed by atoms with Gasteiger partial charge in [-0.15, -0.1) is 0 Å². The van der Waals surface area contributed by atoms with Gasteiger partial charge >= 0.3 is 0 Å². The highest BCUT2D eigenvalue weighted by molar-refractivity contribution is 5.80. The van der Waals surface area contributed by atoms with Crippen molar-refractivity contribution in [3.05, 3.63) is 30.3 Å². The third kappa shape index (κ3) is 3.02. The summed E-state index contributed by atoms with van der Waals surface area (Å²) in [5.74, 6) is 0.812. The molecule has 1 heterocycles. The zero-order valence-corrected chi connectivity index (χ0v) is 11.2. The van der Waals surface area contributed by atoms with Crippen molar-refractivity contribution >= 4 is 11.8 Å². The highest BCUT2D eigenvalue weighted by atomic mass is 16.4. The molecule has 0 saturated heterocycles. The predicted molar refractivity (Wildman–Crippen MR) is 75.1 cm³/mol. The van der Waals surface area contributed by atoms with E-state index in [-0.39, 0.29) is 5.84 Å². The fourth-order valence-electron chi connectivity index (χ4n) is 1.81. The summed E-state index contributed by atoms with van der Waals surface area (Å²) in [5.41, 5.74) is 6.38. The average Bonchev–Trinajstić information content (AvgIpc) is 2.98. The van der Waals surface area contributed by atoms with E-state index in [1.165, 1.54) is 0 Å². The van der Waals surface area contributed by atoms with Crippen molar-refractivity contribution in [3.63, 3.8) is 0 Å². The Hall–Kier alpha value is -2.64. The second-order valence-electron chi connectivity index (χ2n) is 4.15. The summed E-state index contributed by atoms with van der Waals surface area (Å²) in [7, 11) is 0. The Balaban J connectivity index is 2.21. The van der Waals surface area contributed by atoms with Gasteiger partial charge in [0, 0.05) is 19.5 Å². The smallest absolute Gasteiger partial charge is 0.250 e. The van der Waals surface area contributed by atoms with Gasteiger partial charge in [-0.1, -0.05) is 28.5 Å². The third-order valence-electron chi connectivity index (χ3n) is 2.88. The zero-order chi connectivity index (χ0) is 14.4. The number of nitrogens with two attached hydrogens (primary N) is 1. The molecule has 2 rings (SSSR count). The van der Waals surface area contributed by atoms with Crippen molar-refractivity contribution in [2.24, 2.45) is 10.9 Å². The molecule has 0 spiro atoms. The SMILES string of the molecule is CCN(CCC(N)=NO)c1nnnn1-c1ccccc1. The monoisotopic (exact) mass is 275 g/mol. The van der Waals surface area contributed by atoms with E-state index in [1.54, 1.807) is 4.68 Å². The number of hydrogen-bond acceptors (Lipinski definition) is 6. The highest BCUT2D eigenvalue weighted by Crippen LogP contribution is 2.15. The molecule has 20 heavy (non-hydrogen) atoms. The van der Waals surface area contributed by atoms with Crippen LogP contribution in [0.4, 0.5) is 5.95 Å². The fraction of sp³-hybridized carbons (Fsp3) is 0.333. The number of hydrogen-bond donors (Lipinski definition) is 2. The average molecular weight is 275 g/mol. The van der Waals surface area contributed by atoms with E-state index in [2.05, 4.69) is 20.7 Å². The number of tetrazole rings is 1. The summed E-state index contributed by atoms with van der Waals surface area (Å²) in [6.45, 7) is 3.28. The minimum atomic E-state index is 0.183. The van der Waals surface area contributed by atoms with Gasteiger partial charge in [-0.3, -0.25) is 0 Å². The Morgan fingerprint density at radius 1 is 1.40 bits per heavy atom. The summed E-state index contributed by atoms with van der Waals surface area (Å²) < 4.78 is 1.66. The van der Waals surface area contributed by atoms with Gasteiger partial charge in [-0.2, -0.15) is 4.68 Å². The fourth-order valence-corrected chi connectivity index (χ4v) is 1.81. The molecular formula is C12H17N7O. The molecular weight excluding hydrogens is 258 g/mol. The molecule has 1 aromatic carbocycles. The first kappa shape index (κ1) is 13.8. The quantitative estimate of drug-likeness (QED) is 0.346. The van der Waals surface area contributed by atoms with E-state index in [1.807, 2.05) is 42.2 Å². The van der Waals surface area contributed by atoms with Crippen molar-refractivity contribution in [2.45, 2.75) is 13.3 Å². The lowest BCUT2D eigenvalue weighted by Gasteiger charge is -2.20. The third-order valence-corrected chi connectivity index (χ3v) is 2.88. The molecule has 0 radical (unpaired) electrons. The maximum absolute atomic E-state index is 8.58. The van der Waals surface area contributed by atoms with E-state index < -0.39 is 0 Å². The Morgan fingerprint density at radius 2 is 2.15 bits per heavy atom. The first-order valence-electron chi connectivity index (χ1n) is 6.31. The highest BCUT2D eigenvalue weighted by Gasteiger charge is 2.15. The molecule has 0 atom stereocenters. The van der Waals surface area contributed by atoms with Crippen LogP contribution in [0.5, 0.6) is 0 Å². The van der Waals surface area contributed by atoms with Gasteiger partial charge in [0.25, 0.3) is 0 Å². The van der Waals surface area contributed by atoms with Gasteiger partial charge in [-0.05, 0) is 29.5 Å². The number of benzene rings is 1. The lowest BCUT2D eigenvalue weighted by atomic mass is 10.3. The molecule has 3 N–H and O–H groups in total. The van der Waals surface area contributed by atoms with Crippen LogP contribution in [-0.4, -0.2) is 44.3 Å². The van der Waals surface area contributed by atoms with Crippen LogP contribution in [0.15, 0.2) is 35.5 Å². The molecule has 0 fully saturated rings. The molecule has 0 aliphatic carbocycles. The lowest BCUT2D eigenvalue weighted by Crippen LogP contribution is -2.30. The Bertz CT molecular complexity index is 566. The van der Waals surface area contributed by atoms with Gasteiger partial charge < -0.3 is 15.8 Å². The van der Waals surface area contributed by atoms with Crippen molar-refractivity contribution in [1.82, 2.24) is 20.2 Å². The van der Waals surface area contributed by atoms with Crippen LogP contribution in [0.3, 0.4) is 0 Å². The summed E-state index contributed by atoms with van der Waals surface area (Å²) >= 11 is 0. The van der Waals surface area contributed by atoms with Crippen LogP contribution in [-0.2, 0) is 0 Å². The summed E-state index contributed by atoms with van der Waals surface area (Å²) in [6, 6.07) is 9.64. The van der Waals surface area contributed by atoms with Crippen LogP contribution >= 0.6 is 0 Å². The van der Waals surface area contributed by atoms with Crippen LogP contribution in [0.2, 0.25) is 0 Å². The molecule has 0 aliphatic rings. The summed E-state index contributed by atoms with van der Waals surface area (Å²) in [4.78, 5) is 1.96. The second-order valence-corrected chi connectivity index (χ2v) is 4.15. The molecule has 2 aromatic rings. The van der Waals surface area contributed by atoms with Gasteiger partial charge in [0.05, 0.1) is 5.69 Å². The predicted octanol–water partition coefficient (Wildman–Crippen LogP) is 0.625. The summed E-state index contributed by atoms with van der Waals surface area (Å²) in [6.07, 6.45) is 0.436. The Morgan fingerprint density at radius 3 is 2.80 bits per heavy atom. The molecule has 0 saturated carbocycles. The van der Waals surface area contributed by atoms with Gasteiger partial charge in [0.1, 0.15) is 5.84 Å². The maximum atomic E-state index is 8.58. The molecule has 0 bridgehead atoms. The number of para-hydroxylation sites is 1. The minimum Gasteiger partial charge on any atom is -0.409 e. The van der Waals surface area contributed by atoms with Gasteiger partial charge in [0.2, 0.25) is 5.95 Å². The van der Waals surface area contributed by atoms with Crippen LogP contribution in [0.25, 0.3) is 5.69 Å². The summed E-state index contributed by atoms with van der Waals surface area (Å²) in [5, 5.41) is 23.3. The van der Waals surface area contributed by atoms with E-state index in [0.717, 1.165) is 5.69 Å². The molecule has 0 aliphatic heterocycles. The molecule has 106 valence electrons. The molecule has 1 aromatic heterocycles. The number of nitrogens with zero attached hydrogens (tertiary/aromatic N) is 6. The van der Waals surface area contributed by atoms with Gasteiger partial charge in [-0.25, -0.2) is 0 Å². The molecule has 0 unspecified atom stereocenters. The normalized spacial score (nSPS) is 11.6. The second kappa shape index (κ2) is 6.50. The maximum Gasteiger partial charge on any atom is 0.250 e. The number of rotatable bonds is 6. The van der Waals surface area contributed by atoms with Crippen LogP contribution in [0.1, 0.15) is 13.3 Å². The zero-order valence-electron chi connectivity index (χ0n) is 11.2. The number of aromatic nitrogens is 4. The van der Waals surface area contributed by atoms with Crippen molar-refractivity contribution < 1.29 is 5.21 Å². The number of amidine groups is 1. The van der Waals surface area contributed by atoms with Crippen molar-refractivity contribution in [3.8, 4) is 5.69 Å². The van der Waals surface area contributed by atoms with Gasteiger partial charge in [0.15, 0.2) is 0 Å². The molecule has 8 nitrogen and oxygen atoms in total. The van der Waals surface area contributed by atoms with Crippen molar-refractivity contribution in [2.75, 3.05) is 18.0 Å². The van der Waals surface area contributed by atoms with E-state index in [0.29, 0.717) is 25.5 Å². The lowest BCUT2D eigenvalue weighted by molar-refractivity contribution is 0.317. The van der Waals surface area contributed by atoms with Crippen molar-refractivity contribution in [1.29, 1.82) is 0 Å². The van der Waals surface area contributed by atoms with E-state index >= 15 is 0 Å². The van der Waals surface area contributed by atoms with E-state index in [9.17, 15) is 0 Å². The minimum absolute atomic E-state index is 0.183. The van der Waals surface area contributed by atoms with Crippen LogP contribution in [0, 0.1) is 0 Å². The standard InChI is InChI=1S/C12H17N7O/c1-2-18(9-8-11(13)15-20)12-14-16-17-19(12)10-6-4-3-5-7-10/h3-7,20H,2,8-9H2,1H3,(H2,13,15). The molecule has 0 amide bonds. The largest absolute Gasteiger partial charge is 0.409 e. The topological polar surface area (TPSA) is 105 Å². The number of oxime groups is 1. The Kier molecular flexibility index (Phi) is 4.48. The van der Waals surface area contributed by atoms with E-state index in [4.69, 9.17) is 10.9 Å². The first-order valence-corrected chi connectivity index (χ1v) is 6.31. The number of anilines is 1. The molecule has 8 heteroatoms.